The van der Waals surface area contributed by atoms with Crippen molar-refractivity contribution in [3.8, 4) is 0 Å². The van der Waals surface area contributed by atoms with Crippen molar-refractivity contribution in [3.05, 3.63) is 44.0 Å². The van der Waals surface area contributed by atoms with Crippen molar-refractivity contribution in [2.24, 2.45) is 11.1 Å². The van der Waals surface area contributed by atoms with E-state index in [0.29, 0.717) is 31.7 Å². The van der Waals surface area contributed by atoms with Crippen molar-refractivity contribution < 1.29 is 14.6 Å². The summed E-state index contributed by atoms with van der Waals surface area (Å²) >= 11 is 0. The van der Waals surface area contributed by atoms with Crippen LogP contribution in [0.2, 0.25) is 0 Å². The molecule has 0 aromatic heterocycles. The zero-order chi connectivity index (χ0) is 15.5. The highest BCUT2D eigenvalue weighted by Crippen LogP contribution is 2.36. The van der Waals surface area contributed by atoms with Crippen LogP contribution in [-0.2, 0) is 11.2 Å². The van der Waals surface area contributed by atoms with Crippen molar-refractivity contribution in [2.75, 3.05) is 19.8 Å². The Balaban J connectivity index is 2.34. The summed E-state index contributed by atoms with van der Waals surface area (Å²) in [6.07, 6.45) is 1.90. The highest BCUT2D eigenvalue weighted by Gasteiger charge is 2.34. The van der Waals surface area contributed by atoms with Crippen LogP contribution in [0, 0.1) is 25.6 Å². The van der Waals surface area contributed by atoms with Crippen LogP contribution in [0.5, 0.6) is 0 Å². The highest BCUT2D eigenvalue weighted by atomic mass is 16.6. The third-order valence-electron chi connectivity index (χ3n) is 4.03. The van der Waals surface area contributed by atoms with Crippen molar-refractivity contribution >= 4 is 11.4 Å². The molecule has 2 N–H and O–H groups in total. The van der Waals surface area contributed by atoms with Crippen LogP contribution in [-0.4, -0.2) is 29.6 Å². The quantitative estimate of drug-likeness (QED) is 0.653. The van der Waals surface area contributed by atoms with Crippen molar-refractivity contribution in [3.63, 3.8) is 0 Å². The van der Waals surface area contributed by atoms with Crippen molar-refractivity contribution in [1.82, 2.24) is 0 Å². The Labute approximate surface area is 121 Å². The average molecular weight is 295 g/mol. The second-order valence-corrected chi connectivity index (χ2v) is 5.32. The van der Waals surface area contributed by atoms with E-state index in [4.69, 9.17) is 10.5 Å². The number of hydrogen-bond acceptors (Lipinski definition) is 6. The summed E-state index contributed by atoms with van der Waals surface area (Å²) in [4.78, 5) is 20.7. The van der Waals surface area contributed by atoms with Gasteiger partial charge in [-0.3, -0.25) is 20.2 Å². The summed E-state index contributed by atoms with van der Waals surface area (Å²) < 4.78 is 5.31. The van der Waals surface area contributed by atoms with Gasteiger partial charge in [-0.05, 0) is 37.3 Å². The largest absolute Gasteiger partial charge is 0.381 e. The lowest BCUT2D eigenvalue weighted by atomic mass is 9.75. The second-order valence-electron chi connectivity index (χ2n) is 5.32. The van der Waals surface area contributed by atoms with Gasteiger partial charge in [0.15, 0.2) is 0 Å². The Kier molecular flexibility index (Phi) is 4.49. The van der Waals surface area contributed by atoms with E-state index < -0.39 is 9.85 Å². The molecule has 0 aliphatic carbocycles. The van der Waals surface area contributed by atoms with Crippen LogP contribution in [0.15, 0.2) is 18.2 Å². The first-order chi connectivity index (χ1) is 9.97. The monoisotopic (exact) mass is 295 g/mol. The zero-order valence-corrected chi connectivity index (χ0v) is 11.5. The molecule has 2 rings (SSSR count). The van der Waals surface area contributed by atoms with Crippen LogP contribution >= 0.6 is 0 Å². The van der Waals surface area contributed by atoms with Gasteiger partial charge in [0.1, 0.15) is 0 Å². The minimum atomic E-state index is -0.635. The average Bonchev–Trinajstić information content (AvgIpc) is 2.48. The standard InChI is InChI=1S/C13H17N3O5/c14-9-13(3-5-21-6-4-13)8-10-1-2-11(15(17)18)7-12(10)16(19)20/h1-2,7H,3-6,8-9,14H2. The van der Waals surface area contributed by atoms with Crippen LogP contribution in [0.3, 0.4) is 0 Å². The molecule has 8 nitrogen and oxygen atoms in total. The predicted molar refractivity (Wildman–Crippen MR) is 75.0 cm³/mol. The molecule has 1 aliphatic rings. The maximum Gasteiger partial charge on any atom is 0.279 e. The lowest BCUT2D eigenvalue weighted by molar-refractivity contribution is -0.394. The van der Waals surface area contributed by atoms with E-state index in [-0.39, 0.29) is 16.8 Å². The van der Waals surface area contributed by atoms with Gasteiger partial charge in [-0.2, -0.15) is 0 Å². The van der Waals surface area contributed by atoms with Crippen LogP contribution < -0.4 is 5.73 Å². The smallest absolute Gasteiger partial charge is 0.279 e. The summed E-state index contributed by atoms with van der Waals surface area (Å²) in [5.41, 5.74) is 5.61. The van der Waals surface area contributed by atoms with Gasteiger partial charge in [-0.1, -0.05) is 0 Å². The molecule has 1 aromatic rings. The van der Waals surface area contributed by atoms with Gasteiger partial charge in [-0.25, -0.2) is 0 Å². The number of rotatable bonds is 5. The predicted octanol–water partition coefficient (Wildman–Crippen LogP) is 1.80. The van der Waals surface area contributed by atoms with Gasteiger partial charge in [0.05, 0.1) is 15.9 Å². The maximum absolute atomic E-state index is 11.2. The Morgan fingerprint density at radius 2 is 1.86 bits per heavy atom. The summed E-state index contributed by atoms with van der Waals surface area (Å²) in [6, 6.07) is 3.77. The van der Waals surface area contributed by atoms with Crippen LogP contribution in [0.4, 0.5) is 11.4 Å². The summed E-state index contributed by atoms with van der Waals surface area (Å²) in [5.74, 6) is 0. The van der Waals surface area contributed by atoms with Gasteiger partial charge >= 0.3 is 0 Å². The van der Waals surface area contributed by atoms with Gasteiger partial charge in [0.25, 0.3) is 11.4 Å². The molecule has 0 bridgehead atoms. The van der Waals surface area contributed by atoms with Crippen molar-refractivity contribution in [1.29, 1.82) is 0 Å². The third kappa shape index (κ3) is 3.34. The van der Waals surface area contributed by atoms with E-state index in [1.807, 2.05) is 0 Å². The number of ether oxygens (including phenoxy) is 1. The molecule has 1 aromatic carbocycles. The SMILES string of the molecule is NCC1(Cc2ccc([N+](=O)[O-])cc2[N+](=O)[O-])CCOCC1. The molecule has 0 amide bonds. The maximum atomic E-state index is 11.2. The first kappa shape index (κ1) is 15.3. The Hall–Kier alpha value is -2.06. The lowest BCUT2D eigenvalue weighted by Gasteiger charge is -2.36. The molecule has 1 fully saturated rings. The fourth-order valence-electron chi connectivity index (χ4n) is 2.65. The van der Waals surface area contributed by atoms with E-state index in [0.717, 1.165) is 18.9 Å². The van der Waals surface area contributed by atoms with Crippen LogP contribution in [0.25, 0.3) is 0 Å². The number of nitro benzene ring substituents is 2. The van der Waals surface area contributed by atoms with Gasteiger partial charge in [-0.15, -0.1) is 0 Å². The third-order valence-corrected chi connectivity index (χ3v) is 4.03. The topological polar surface area (TPSA) is 122 Å². The molecule has 21 heavy (non-hydrogen) atoms. The minimum Gasteiger partial charge on any atom is -0.381 e. The fraction of sp³-hybridized carbons (Fsp3) is 0.538. The van der Waals surface area contributed by atoms with Crippen LogP contribution in [0.1, 0.15) is 18.4 Å². The van der Waals surface area contributed by atoms with E-state index in [9.17, 15) is 20.2 Å². The Morgan fingerprint density at radius 1 is 1.19 bits per heavy atom. The number of nitro groups is 2. The Morgan fingerprint density at radius 3 is 2.38 bits per heavy atom. The van der Waals surface area contributed by atoms with Gasteiger partial charge in [0.2, 0.25) is 0 Å². The zero-order valence-electron chi connectivity index (χ0n) is 11.5. The van der Waals surface area contributed by atoms with E-state index in [1.54, 1.807) is 0 Å². The van der Waals surface area contributed by atoms with Gasteiger partial charge < -0.3 is 10.5 Å². The number of non-ortho nitro benzene ring substituents is 1. The highest BCUT2D eigenvalue weighted by molar-refractivity contribution is 5.49. The molecule has 0 atom stereocenters. The molecule has 1 saturated heterocycles. The molecule has 8 heteroatoms. The molecule has 1 heterocycles. The molecular formula is C13H17N3O5. The van der Waals surface area contributed by atoms with E-state index in [1.165, 1.54) is 12.1 Å². The van der Waals surface area contributed by atoms with Crippen molar-refractivity contribution in [2.45, 2.75) is 19.3 Å². The molecule has 0 spiro atoms. The number of benzene rings is 1. The number of hydrogen-bond donors (Lipinski definition) is 1. The Bertz CT molecular complexity index is 555. The molecule has 1 aliphatic heterocycles. The molecular weight excluding hydrogens is 278 g/mol. The number of nitrogens with two attached hydrogens (primary N) is 1. The number of nitrogens with zero attached hydrogens (tertiary/aromatic N) is 2. The molecule has 0 saturated carbocycles. The summed E-state index contributed by atoms with van der Waals surface area (Å²) in [6.45, 7) is 1.57. The normalized spacial score (nSPS) is 17.4. The lowest BCUT2D eigenvalue weighted by Crippen LogP contribution is -2.38. The van der Waals surface area contributed by atoms with E-state index in [2.05, 4.69) is 0 Å². The first-order valence-electron chi connectivity index (χ1n) is 6.67. The second kappa shape index (κ2) is 6.15. The summed E-state index contributed by atoms with van der Waals surface area (Å²) in [5, 5.41) is 21.9. The first-order valence-corrected chi connectivity index (χ1v) is 6.67. The molecule has 0 radical (unpaired) electrons. The fourth-order valence-corrected chi connectivity index (χ4v) is 2.65. The molecule has 114 valence electrons. The minimum absolute atomic E-state index is 0.219. The van der Waals surface area contributed by atoms with Gasteiger partial charge in [0, 0.05) is 24.8 Å². The van der Waals surface area contributed by atoms with E-state index >= 15 is 0 Å². The molecule has 0 unspecified atom stereocenters. The summed E-state index contributed by atoms with van der Waals surface area (Å²) in [7, 11) is 0.